The monoisotopic (exact) mass is 298 g/mol. The fraction of sp³-hybridized carbons (Fsp3) is 0. The summed E-state index contributed by atoms with van der Waals surface area (Å²) in [5, 5.41) is 0. The summed E-state index contributed by atoms with van der Waals surface area (Å²) in [6, 6.07) is 0. The number of rotatable bonds is 2. The van der Waals surface area contributed by atoms with Crippen molar-refractivity contribution < 1.29 is 142 Å². The van der Waals surface area contributed by atoms with E-state index in [2.05, 4.69) is 8.37 Å². The molecule has 0 saturated heterocycles. The minimum atomic E-state index is -5.42. The average molecular weight is 298 g/mol. The second-order valence-corrected chi connectivity index (χ2v) is 3.20. The first kappa shape index (κ1) is 21.6. The molecule has 0 aromatic rings. The maximum atomic E-state index is 9.87. The summed E-state index contributed by atoms with van der Waals surface area (Å²) in [5.74, 6) is 0. The van der Waals surface area contributed by atoms with Crippen molar-refractivity contribution in [2.75, 3.05) is 0 Å². The predicted octanol–water partition coefficient (Wildman–Crippen LogP) is -7.93. The minimum Gasteiger partial charge on any atom is -0.716 e. The van der Waals surface area contributed by atoms with Crippen molar-refractivity contribution in [1.82, 2.24) is 0 Å². The molecular formula is CK2O9S2. The van der Waals surface area contributed by atoms with Gasteiger partial charge in [-0.1, -0.05) is 0 Å². The summed E-state index contributed by atoms with van der Waals surface area (Å²) in [4.78, 5) is 9.87. The number of hydrogen-bond donors (Lipinski definition) is 0. The zero-order chi connectivity index (χ0) is 9.99. The van der Waals surface area contributed by atoms with Crippen LogP contribution in [0.5, 0.6) is 0 Å². The Bertz CT molecular complexity index is 328. The SMILES string of the molecule is O=C(OS(=O)(=O)[O-])OS(=O)(=O)[O-].[K+].[K+]. The molecule has 0 aliphatic rings. The Balaban J connectivity index is -0.000000605. The number of hydrogen-bond acceptors (Lipinski definition) is 9. The molecular weight excluding hydrogens is 298 g/mol. The van der Waals surface area contributed by atoms with Crippen LogP contribution >= 0.6 is 0 Å². The average Bonchev–Trinajstić information content (AvgIpc) is 1.49. The van der Waals surface area contributed by atoms with E-state index in [0.717, 1.165) is 0 Å². The van der Waals surface area contributed by atoms with Crippen LogP contribution in [0.15, 0.2) is 0 Å². The molecule has 0 heterocycles. The van der Waals surface area contributed by atoms with Crippen LogP contribution in [0.2, 0.25) is 0 Å². The van der Waals surface area contributed by atoms with Crippen molar-refractivity contribution in [2.45, 2.75) is 0 Å². The van der Waals surface area contributed by atoms with E-state index in [4.69, 9.17) is 0 Å². The Morgan fingerprint density at radius 3 is 1.21 bits per heavy atom. The topological polar surface area (TPSA) is 150 Å². The van der Waals surface area contributed by atoms with E-state index >= 15 is 0 Å². The zero-order valence-corrected chi connectivity index (χ0v) is 14.9. The molecule has 14 heavy (non-hydrogen) atoms. The van der Waals surface area contributed by atoms with E-state index < -0.39 is 27.0 Å². The van der Waals surface area contributed by atoms with Gasteiger partial charge in [0.1, 0.15) is 0 Å². The van der Waals surface area contributed by atoms with Crippen LogP contribution in [0.3, 0.4) is 0 Å². The summed E-state index contributed by atoms with van der Waals surface area (Å²) in [6.45, 7) is 0. The Labute approximate surface area is 165 Å². The van der Waals surface area contributed by atoms with Crippen molar-refractivity contribution in [3.63, 3.8) is 0 Å². The van der Waals surface area contributed by atoms with Crippen molar-refractivity contribution >= 4 is 27.0 Å². The molecule has 0 N–H and O–H groups in total. The third-order valence-electron chi connectivity index (χ3n) is 0.340. The summed E-state index contributed by atoms with van der Waals surface area (Å²) in [5.41, 5.74) is 0. The molecule has 13 heteroatoms. The van der Waals surface area contributed by atoms with Gasteiger partial charge >= 0.3 is 109 Å². The second kappa shape index (κ2) is 8.45. The number of carbonyl (C=O) groups excluding carboxylic acids is 1. The van der Waals surface area contributed by atoms with Crippen LogP contribution in [0, 0.1) is 0 Å². The molecule has 0 aromatic carbocycles. The van der Waals surface area contributed by atoms with Gasteiger partial charge in [0, 0.05) is 0 Å². The van der Waals surface area contributed by atoms with Crippen LogP contribution in [0.25, 0.3) is 0 Å². The van der Waals surface area contributed by atoms with Gasteiger partial charge in [-0.3, -0.25) is 0 Å². The van der Waals surface area contributed by atoms with Gasteiger partial charge in [-0.2, -0.15) is 0 Å². The van der Waals surface area contributed by atoms with Gasteiger partial charge in [-0.05, 0) is 0 Å². The van der Waals surface area contributed by atoms with Gasteiger partial charge in [0.25, 0.3) is 20.8 Å². The Morgan fingerprint density at radius 2 is 1.07 bits per heavy atom. The van der Waals surface area contributed by atoms with Gasteiger partial charge in [0.05, 0.1) is 0 Å². The molecule has 9 nitrogen and oxygen atoms in total. The third kappa shape index (κ3) is 16.8. The predicted molar refractivity (Wildman–Crippen MR) is 27.0 cm³/mol. The molecule has 0 atom stereocenters. The van der Waals surface area contributed by atoms with Crippen LogP contribution in [0.1, 0.15) is 0 Å². The standard InChI is InChI=1S/CH2O9S2.2K/c2-1(9-11(3,4)5)10-12(6,7)8;;/h(H,3,4,5)(H,6,7,8);;/q;2*+1/p-2. The van der Waals surface area contributed by atoms with E-state index in [-0.39, 0.29) is 103 Å². The largest absolute Gasteiger partial charge is 1.00 e. The van der Waals surface area contributed by atoms with Crippen LogP contribution in [0.4, 0.5) is 4.79 Å². The zero-order valence-electron chi connectivity index (χ0n) is 6.99. The summed E-state index contributed by atoms with van der Waals surface area (Å²) < 4.78 is 62.9. The summed E-state index contributed by atoms with van der Waals surface area (Å²) in [7, 11) is -10.8. The molecule has 0 unspecified atom stereocenters. The third-order valence-corrected chi connectivity index (χ3v) is 1.02. The molecule has 0 rings (SSSR count). The maximum absolute atomic E-state index is 9.87. The second-order valence-electron chi connectivity index (χ2n) is 1.23. The fourth-order valence-corrected chi connectivity index (χ4v) is 0.625. The van der Waals surface area contributed by atoms with Gasteiger partial charge < -0.3 is 17.5 Å². The maximum Gasteiger partial charge on any atom is 1.00 e. The molecule has 0 aliphatic carbocycles. The van der Waals surface area contributed by atoms with Crippen LogP contribution < -0.4 is 103 Å². The van der Waals surface area contributed by atoms with Crippen LogP contribution in [-0.2, 0) is 29.2 Å². The van der Waals surface area contributed by atoms with E-state index in [1.54, 1.807) is 0 Å². The first-order valence-corrected chi connectivity index (χ1v) is 4.61. The summed E-state index contributed by atoms with van der Waals surface area (Å²) >= 11 is 0. The van der Waals surface area contributed by atoms with Gasteiger partial charge in [0.2, 0.25) is 0 Å². The fourth-order valence-electron chi connectivity index (χ4n) is 0.181. The smallest absolute Gasteiger partial charge is 0.716 e. The van der Waals surface area contributed by atoms with Gasteiger partial charge in [-0.15, -0.1) is 0 Å². The number of carbonyl (C=O) groups is 1. The molecule has 0 aromatic heterocycles. The van der Waals surface area contributed by atoms with Gasteiger partial charge in [-0.25, -0.2) is 21.6 Å². The first-order chi connectivity index (χ1) is 5.10. The molecule has 0 radical (unpaired) electrons. The summed E-state index contributed by atoms with van der Waals surface area (Å²) in [6.07, 6.45) is -2.42. The van der Waals surface area contributed by atoms with E-state index in [1.165, 1.54) is 0 Å². The quantitative estimate of drug-likeness (QED) is 0.275. The normalized spacial score (nSPS) is 10.4. The van der Waals surface area contributed by atoms with E-state index in [9.17, 15) is 30.7 Å². The van der Waals surface area contributed by atoms with Gasteiger partial charge in [0.15, 0.2) is 0 Å². The molecule has 72 valence electrons. The van der Waals surface area contributed by atoms with E-state index in [1.807, 2.05) is 0 Å². The molecule has 0 bridgehead atoms. The molecule has 0 saturated carbocycles. The molecule has 0 fully saturated rings. The Kier molecular flexibility index (Phi) is 13.1. The van der Waals surface area contributed by atoms with Crippen LogP contribution in [-0.4, -0.2) is 32.1 Å². The van der Waals surface area contributed by atoms with Crippen molar-refractivity contribution in [2.24, 2.45) is 0 Å². The first-order valence-electron chi connectivity index (χ1n) is 1.95. The van der Waals surface area contributed by atoms with Crippen molar-refractivity contribution in [3.8, 4) is 0 Å². The van der Waals surface area contributed by atoms with E-state index in [0.29, 0.717) is 0 Å². The molecule has 0 amide bonds. The Hall–Kier alpha value is 2.36. The molecule has 0 spiro atoms. The van der Waals surface area contributed by atoms with Crippen molar-refractivity contribution in [1.29, 1.82) is 0 Å². The molecule has 0 aliphatic heterocycles. The minimum absolute atomic E-state index is 0. The van der Waals surface area contributed by atoms with Crippen molar-refractivity contribution in [3.05, 3.63) is 0 Å². The Morgan fingerprint density at radius 1 is 0.857 bits per heavy atom.